The van der Waals surface area contributed by atoms with E-state index in [0.717, 1.165) is 93.3 Å². The van der Waals surface area contributed by atoms with Crippen LogP contribution < -0.4 is 0 Å². The molecule has 3 heterocycles. The number of hydrogen-bond donors (Lipinski definition) is 0. The summed E-state index contributed by atoms with van der Waals surface area (Å²) in [6, 6.07) is 59.9. The molecule has 0 aliphatic heterocycles. The summed E-state index contributed by atoms with van der Waals surface area (Å²) in [5, 5.41) is 17.2. The predicted octanol–water partition coefficient (Wildman–Crippen LogP) is 12.8. The molecule has 0 amide bonds. The average molecular weight is 728 g/mol. The number of nitriles is 1. The number of pyridine rings is 1. The fraction of sp³-hybridized carbons (Fsp3) is 0. The monoisotopic (exact) mass is 727 g/mol. The SMILES string of the molecule is N#Cc1ccc(-c2cc3c4ccccc4c(-c4cccc(-c5nc(-c6ccccc6)nc(-c6ccc7c(c6)oc6ccccc67)n5)c4)cc3c3cccnc23)cc1. The van der Waals surface area contributed by atoms with Crippen LogP contribution in [0.3, 0.4) is 0 Å². The van der Waals surface area contributed by atoms with Crippen LogP contribution in [0.25, 0.3) is 111 Å². The Morgan fingerprint density at radius 2 is 0.982 bits per heavy atom. The van der Waals surface area contributed by atoms with Crippen molar-refractivity contribution in [1.82, 2.24) is 19.9 Å². The van der Waals surface area contributed by atoms with Gasteiger partial charge < -0.3 is 4.42 Å². The van der Waals surface area contributed by atoms with Gasteiger partial charge in [0.1, 0.15) is 11.2 Å². The first-order chi connectivity index (χ1) is 28.2. The van der Waals surface area contributed by atoms with Crippen LogP contribution in [0.15, 0.2) is 180 Å². The summed E-state index contributed by atoms with van der Waals surface area (Å²) in [7, 11) is 0. The summed E-state index contributed by atoms with van der Waals surface area (Å²) < 4.78 is 6.25. The summed E-state index contributed by atoms with van der Waals surface area (Å²) in [6.07, 6.45) is 1.84. The molecule has 0 spiro atoms. The lowest BCUT2D eigenvalue weighted by molar-refractivity contribution is 0.669. The largest absolute Gasteiger partial charge is 0.456 e. The third kappa shape index (κ3) is 5.49. The quantitative estimate of drug-likeness (QED) is 0.164. The van der Waals surface area contributed by atoms with Gasteiger partial charge in [-0.3, -0.25) is 4.98 Å². The standard InChI is InChI=1S/C51H29N5O/c52-30-31-19-21-32(22-20-31)43-29-44-38-15-5-4-14-37(38)42(28-45(44)41-17-9-25-53-48(41)43)34-12-8-13-35(26-34)50-54-49(33-10-2-1-3-11-33)55-51(56-50)36-23-24-40-39-16-6-7-18-46(39)57-47(40)27-36/h1-29H. The van der Waals surface area contributed by atoms with Crippen molar-refractivity contribution in [1.29, 1.82) is 5.26 Å². The van der Waals surface area contributed by atoms with Crippen molar-refractivity contribution in [3.8, 4) is 62.5 Å². The van der Waals surface area contributed by atoms with E-state index in [1.165, 1.54) is 0 Å². The second-order valence-electron chi connectivity index (χ2n) is 14.1. The van der Waals surface area contributed by atoms with Crippen LogP contribution in [-0.2, 0) is 0 Å². The van der Waals surface area contributed by atoms with E-state index in [1.807, 2.05) is 91.1 Å². The molecule has 0 saturated heterocycles. The van der Waals surface area contributed by atoms with E-state index in [0.29, 0.717) is 23.0 Å². The molecule has 57 heavy (non-hydrogen) atoms. The van der Waals surface area contributed by atoms with Gasteiger partial charge in [-0.25, -0.2) is 15.0 Å². The molecule has 0 bridgehead atoms. The topological polar surface area (TPSA) is 88.5 Å². The van der Waals surface area contributed by atoms with Crippen LogP contribution in [-0.4, -0.2) is 19.9 Å². The van der Waals surface area contributed by atoms with Gasteiger partial charge in [0.05, 0.1) is 17.1 Å². The number of rotatable bonds is 5. The molecule has 11 rings (SSSR count). The molecule has 6 nitrogen and oxygen atoms in total. The van der Waals surface area contributed by atoms with Gasteiger partial charge in [-0.05, 0) is 92.8 Å². The summed E-state index contributed by atoms with van der Waals surface area (Å²) in [5.41, 5.74) is 10.0. The van der Waals surface area contributed by atoms with E-state index >= 15 is 0 Å². The molecule has 0 unspecified atom stereocenters. The zero-order valence-corrected chi connectivity index (χ0v) is 30.4. The first kappa shape index (κ1) is 32.4. The van der Waals surface area contributed by atoms with Gasteiger partial charge in [-0.1, -0.05) is 115 Å². The van der Waals surface area contributed by atoms with Crippen molar-refractivity contribution in [3.63, 3.8) is 0 Å². The number of benzene rings is 8. The number of para-hydroxylation sites is 1. The van der Waals surface area contributed by atoms with E-state index in [4.69, 9.17) is 24.4 Å². The normalized spacial score (nSPS) is 11.5. The van der Waals surface area contributed by atoms with Crippen molar-refractivity contribution in [2.75, 3.05) is 0 Å². The van der Waals surface area contributed by atoms with E-state index in [1.54, 1.807) is 0 Å². The maximum absolute atomic E-state index is 9.43. The molecule has 0 atom stereocenters. The van der Waals surface area contributed by atoms with Crippen molar-refractivity contribution in [3.05, 3.63) is 182 Å². The highest BCUT2D eigenvalue weighted by Gasteiger charge is 2.18. The number of aromatic nitrogens is 4. The Hall–Kier alpha value is -8.01. The molecule has 0 radical (unpaired) electrons. The lowest BCUT2D eigenvalue weighted by Crippen LogP contribution is -2.00. The van der Waals surface area contributed by atoms with Gasteiger partial charge in [0.2, 0.25) is 0 Å². The molecule has 0 saturated carbocycles. The third-order valence-corrected chi connectivity index (χ3v) is 10.8. The van der Waals surface area contributed by atoms with Gasteiger partial charge in [-0.15, -0.1) is 0 Å². The second kappa shape index (κ2) is 13.1. The van der Waals surface area contributed by atoms with Gasteiger partial charge in [0.25, 0.3) is 0 Å². The van der Waals surface area contributed by atoms with Gasteiger partial charge in [0.15, 0.2) is 17.5 Å². The van der Waals surface area contributed by atoms with Crippen LogP contribution in [0.5, 0.6) is 0 Å². The summed E-state index contributed by atoms with van der Waals surface area (Å²) in [6.45, 7) is 0. The predicted molar refractivity (Wildman–Crippen MR) is 229 cm³/mol. The van der Waals surface area contributed by atoms with E-state index in [2.05, 4.69) is 91.0 Å². The molecule has 0 aliphatic rings. The van der Waals surface area contributed by atoms with Crippen LogP contribution in [0.1, 0.15) is 5.56 Å². The Kier molecular flexibility index (Phi) is 7.44. The molecule has 11 aromatic rings. The molecule has 0 N–H and O–H groups in total. The van der Waals surface area contributed by atoms with Gasteiger partial charge in [-0.2, -0.15) is 5.26 Å². The lowest BCUT2D eigenvalue weighted by atomic mass is 9.88. The fourth-order valence-corrected chi connectivity index (χ4v) is 8.05. The molecule has 8 aromatic carbocycles. The minimum atomic E-state index is 0.569. The minimum Gasteiger partial charge on any atom is -0.456 e. The zero-order valence-electron chi connectivity index (χ0n) is 30.4. The molecule has 0 aliphatic carbocycles. The summed E-state index contributed by atoms with van der Waals surface area (Å²) in [4.78, 5) is 20.1. The number of furan rings is 1. The Morgan fingerprint density at radius 3 is 1.79 bits per heavy atom. The smallest absolute Gasteiger partial charge is 0.164 e. The lowest BCUT2D eigenvalue weighted by Gasteiger charge is -2.16. The van der Waals surface area contributed by atoms with Crippen LogP contribution in [0.2, 0.25) is 0 Å². The van der Waals surface area contributed by atoms with Gasteiger partial charge >= 0.3 is 0 Å². The van der Waals surface area contributed by atoms with E-state index in [-0.39, 0.29) is 0 Å². The average Bonchev–Trinajstić information content (AvgIpc) is 3.67. The zero-order chi connectivity index (χ0) is 37.9. The summed E-state index contributed by atoms with van der Waals surface area (Å²) >= 11 is 0. The van der Waals surface area contributed by atoms with E-state index < -0.39 is 0 Å². The van der Waals surface area contributed by atoms with Crippen LogP contribution >= 0.6 is 0 Å². The van der Waals surface area contributed by atoms with Crippen molar-refractivity contribution in [2.24, 2.45) is 0 Å². The minimum absolute atomic E-state index is 0.569. The maximum atomic E-state index is 9.43. The molecule has 0 fully saturated rings. The van der Waals surface area contributed by atoms with Crippen molar-refractivity contribution < 1.29 is 4.42 Å². The second-order valence-corrected chi connectivity index (χ2v) is 14.1. The Bertz CT molecular complexity index is 3420. The maximum Gasteiger partial charge on any atom is 0.164 e. The molecule has 6 heteroatoms. The number of fused-ring (bicyclic) bond motifs is 8. The van der Waals surface area contributed by atoms with Crippen LogP contribution in [0, 0.1) is 11.3 Å². The number of nitrogens with zero attached hydrogens (tertiary/aromatic N) is 5. The van der Waals surface area contributed by atoms with Crippen molar-refractivity contribution in [2.45, 2.75) is 0 Å². The summed E-state index contributed by atoms with van der Waals surface area (Å²) in [5.74, 6) is 1.75. The first-order valence-electron chi connectivity index (χ1n) is 18.8. The molecular formula is C51H29N5O. The third-order valence-electron chi connectivity index (χ3n) is 10.8. The molecular weight excluding hydrogens is 699 g/mol. The highest BCUT2D eigenvalue weighted by molar-refractivity contribution is 6.23. The molecule has 3 aromatic heterocycles. The first-order valence-corrected chi connectivity index (χ1v) is 18.8. The van der Waals surface area contributed by atoms with Crippen LogP contribution in [0.4, 0.5) is 0 Å². The molecule has 264 valence electrons. The van der Waals surface area contributed by atoms with Crippen molar-refractivity contribution >= 4 is 54.4 Å². The Balaban J connectivity index is 1.09. The highest BCUT2D eigenvalue weighted by atomic mass is 16.3. The van der Waals surface area contributed by atoms with Gasteiger partial charge in [0, 0.05) is 44.6 Å². The van der Waals surface area contributed by atoms with E-state index in [9.17, 15) is 5.26 Å². The Morgan fingerprint density at radius 1 is 0.386 bits per heavy atom. The fourth-order valence-electron chi connectivity index (χ4n) is 8.05. The Labute approximate surface area is 327 Å². The number of hydrogen-bond acceptors (Lipinski definition) is 6. The highest BCUT2D eigenvalue weighted by Crippen LogP contribution is 2.42.